The van der Waals surface area contributed by atoms with Gasteiger partial charge in [-0.05, 0) is 17.7 Å². The van der Waals surface area contributed by atoms with Crippen molar-refractivity contribution in [2.45, 2.75) is 25.0 Å². The second-order valence-electron chi connectivity index (χ2n) is 4.59. The molecule has 1 aliphatic heterocycles. The van der Waals surface area contributed by atoms with E-state index >= 15 is 0 Å². The van der Waals surface area contributed by atoms with Gasteiger partial charge in [0.15, 0.2) is 0 Å². The predicted molar refractivity (Wildman–Crippen MR) is 71.6 cm³/mol. The van der Waals surface area contributed by atoms with Crippen LogP contribution in [0.1, 0.15) is 12.0 Å². The summed E-state index contributed by atoms with van der Waals surface area (Å²) in [5, 5.41) is 18.7. The van der Waals surface area contributed by atoms with Crippen LogP contribution in [0.25, 0.3) is 0 Å². The lowest BCUT2D eigenvalue weighted by molar-refractivity contribution is -0.148. The lowest BCUT2D eigenvalue weighted by atomic mass is 10.1. The van der Waals surface area contributed by atoms with E-state index in [9.17, 15) is 19.8 Å². The quantitative estimate of drug-likeness (QED) is 0.866. The highest BCUT2D eigenvalue weighted by atomic mass is 79.9. The molecule has 0 aliphatic carbocycles. The van der Waals surface area contributed by atoms with Gasteiger partial charge >= 0.3 is 5.97 Å². The maximum atomic E-state index is 11.7. The first-order valence-corrected chi connectivity index (χ1v) is 6.71. The smallest absolute Gasteiger partial charge is 0.326 e. The molecule has 0 radical (unpaired) electrons. The monoisotopic (exact) mass is 327 g/mol. The molecule has 0 bridgehead atoms. The first kappa shape index (κ1) is 14.0. The second-order valence-corrected chi connectivity index (χ2v) is 5.50. The molecule has 102 valence electrons. The molecular weight excluding hydrogens is 314 g/mol. The van der Waals surface area contributed by atoms with E-state index in [1.54, 1.807) is 0 Å². The van der Waals surface area contributed by atoms with E-state index in [1.807, 2.05) is 24.3 Å². The van der Waals surface area contributed by atoms with Gasteiger partial charge < -0.3 is 15.1 Å². The third-order valence-corrected chi connectivity index (χ3v) is 3.67. The zero-order chi connectivity index (χ0) is 14.0. The Bertz CT molecular complexity index is 488. The minimum Gasteiger partial charge on any atom is -0.480 e. The summed E-state index contributed by atoms with van der Waals surface area (Å²) in [5.74, 6) is -1.36. The van der Waals surface area contributed by atoms with Gasteiger partial charge in [0.2, 0.25) is 5.91 Å². The number of hydrogen-bond donors (Lipinski definition) is 2. The number of hydrogen-bond acceptors (Lipinski definition) is 3. The normalized spacial score (nSPS) is 20.6. The van der Waals surface area contributed by atoms with Crippen LogP contribution in [0.5, 0.6) is 0 Å². The number of aliphatic hydroxyl groups excluding tert-OH is 1. The number of carbonyl (C=O) groups excluding carboxylic acids is 1. The molecule has 1 aromatic rings. The van der Waals surface area contributed by atoms with Crippen LogP contribution in [-0.2, 0) is 16.0 Å². The Balaban J connectivity index is 2.15. The van der Waals surface area contributed by atoms with Crippen LogP contribution in [-0.4, -0.2) is 45.7 Å². The number of nitrogens with zero attached hydrogens (tertiary/aromatic N) is 1. The molecule has 0 saturated carbocycles. The molecule has 2 rings (SSSR count). The van der Waals surface area contributed by atoms with Crippen LogP contribution in [0.2, 0.25) is 0 Å². The Kier molecular flexibility index (Phi) is 4.21. The van der Waals surface area contributed by atoms with E-state index in [-0.39, 0.29) is 25.3 Å². The first-order chi connectivity index (χ1) is 8.97. The fraction of sp³-hybridized carbons (Fsp3) is 0.385. The van der Waals surface area contributed by atoms with Crippen molar-refractivity contribution in [3.05, 3.63) is 34.3 Å². The van der Waals surface area contributed by atoms with Crippen LogP contribution in [0.3, 0.4) is 0 Å². The number of aliphatic carboxylic acids is 1. The standard InChI is InChI=1S/C13H14BrNO4/c14-9-3-1-8(2-4-9)5-11(13(18)19)15-7-10(16)6-12(15)17/h1-4,10-11,16H,5-7H2,(H,18,19)/t10?,11-/m0/s1. The van der Waals surface area contributed by atoms with Gasteiger partial charge in [0.05, 0.1) is 12.5 Å². The number of carbonyl (C=O) groups is 2. The minimum atomic E-state index is -1.05. The number of carboxylic acids is 1. The molecule has 2 N–H and O–H groups in total. The summed E-state index contributed by atoms with van der Waals surface area (Å²) >= 11 is 3.31. The van der Waals surface area contributed by atoms with Gasteiger partial charge in [-0.2, -0.15) is 0 Å². The lowest BCUT2D eigenvalue weighted by Crippen LogP contribution is -2.44. The largest absolute Gasteiger partial charge is 0.480 e. The summed E-state index contributed by atoms with van der Waals surface area (Å²) in [6, 6.07) is 6.36. The Hall–Kier alpha value is -1.40. The zero-order valence-electron chi connectivity index (χ0n) is 10.1. The van der Waals surface area contributed by atoms with Crippen molar-refractivity contribution >= 4 is 27.8 Å². The average Bonchev–Trinajstić information content (AvgIpc) is 2.67. The van der Waals surface area contributed by atoms with Crippen LogP contribution in [0.4, 0.5) is 0 Å². The predicted octanol–water partition coefficient (Wildman–Crippen LogP) is 1.04. The van der Waals surface area contributed by atoms with Crippen molar-refractivity contribution < 1.29 is 19.8 Å². The maximum absolute atomic E-state index is 11.7. The number of aliphatic hydroxyl groups is 1. The Labute approximate surface area is 119 Å². The van der Waals surface area contributed by atoms with E-state index in [2.05, 4.69) is 15.9 Å². The van der Waals surface area contributed by atoms with E-state index in [0.717, 1.165) is 10.0 Å². The third-order valence-electron chi connectivity index (χ3n) is 3.14. The third kappa shape index (κ3) is 3.33. The molecular formula is C13H14BrNO4. The van der Waals surface area contributed by atoms with E-state index < -0.39 is 18.1 Å². The summed E-state index contributed by atoms with van der Waals surface area (Å²) in [6.07, 6.45) is -0.523. The van der Waals surface area contributed by atoms with Crippen LogP contribution >= 0.6 is 15.9 Å². The molecule has 19 heavy (non-hydrogen) atoms. The van der Waals surface area contributed by atoms with E-state index in [1.165, 1.54) is 4.90 Å². The molecule has 0 aromatic heterocycles. The Morgan fingerprint density at radius 2 is 2.05 bits per heavy atom. The van der Waals surface area contributed by atoms with Crippen molar-refractivity contribution in [2.75, 3.05) is 6.54 Å². The van der Waals surface area contributed by atoms with Crippen molar-refractivity contribution in [3.8, 4) is 0 Å². The summed E-state index contributed by atoms with van der Waals surface area (Å²) in [7, 11) is 0. The molecule has 1 aromatic carbocycles. The van der Waals surface area contributed by atoms with Gasteiger partial charge in [-0.1, -0.05) is 28.1 Å². The minimum absolute atomic E-state index is 0.00409. The highest BCUT2D eigenvalue weighted by molar-refractivity contribution is 9.10. The maximum Gasteiger partial charge on any atom is 0.326 e. The highest BCUT2D eigenvalue weighted by Gasteiger charge is 2.36. The molecule has 1 fully saturated rings. The molecule has 1 unspecified atom stereocenters. The van der Waals surface area contributed by atoms with Gasteiger partial charge in [-0.15, -0.1) is 0 Å². The molecule has 1 aliphatic rings. The Morgan fingerprint density at radius 1 is 1.42 bits per heavy atom. The van der Waals surface area contributed by atoms with Crippen LogP contribution in [0.15, 0.2) is 28.7 Å². The van der Waals surface area contributed by atoms with Gasteiger partial charge in [-0.3, -0.25) is 4.79 Å². The number of carboxylic acid groups (broad SMARTS) is 1. The van der Waals surface area contributed by atoms with E-state index in [4.69, 9.17) is 0 Å². The molecule has 1 saturated heterocycles. The number of amides is 1. The number of rotatable bonds is 4. The molecule has 5 nitrogen and oxygen atoms in total. The summed E-state index contributed by atoms with van der Waals surface area (Å²) in [4.78, 5) is 24.2. The molecule has 2 atom stereocenters. The fourth-order valence-electron chi connectivity index (χ4n) is 2.19. The fourth-order valence-corrected chi connectivity index (χ4v) is 2.45. The summed E-state index contributed by atoms with van der Waals surface area (Å²) < 4.78 is 0.913. The first-order valence-electron chi connectivity index (χ1n) is 5.92. The van der Waals surface area contributed by atoms with Crippen molar-refractivity contribution in [1.82, 2.24) is 4.90 Å². The van der Waals surface area contributed by atoms with Gasteiger partial charge in [0, 0.05) is 17.4 Å². The van der Waals surface area contributed by atoms with Crippen molar-refractivity contribution in [3.63, 3.8) is 0 Å². The summed E-state index contributed by atoms with van der Waals surface area (Å²) in [6.45, 7) is 0.0896. The second kappa shape index (κ2) is 5.71. The summed E-state index contributed by atoms with van der Waals surface area (Å²) in [5.41, 5.74) is 0.838. The van der Waals surface area contributed by atoms with Gasteiger partial charge in [0.25, 0.3) is 0 Å². The number of likely N-dealkylation sites (tertiary alicyclic amines) is 1. The Morgan fingerprint density at radius 3 is 2.53 bits per heavy atom. The number of halogens is 1. The highest BCUT2D eigenvalue weighted by Crippen LogP contribution is 2.19. The van der Waals surface area contributed by atoms with Crippen LogP contribution < -0.4 is 0 Å². The molecule has 1 heterocycles. The average molecular weight is 328 g/mol. The number of β-amino-alcohol motifs (C(OH)–C–C–N with tert-alkyl or cyclic N) is 1. The number of benzene rings is 1. The topological polar surface area (TPSA) is 77.8 Å². The van der Waals surface area contributed by atoms with Gasteiger partial charge in [0.1, 0.15) is 6.04 Å². The molecule has 6 heteroatoms. The van der Waals surface area contributed by atoms with Gasteiger partial charge in [-0.25, -0.2) is 4.79 Å². The van der Waals surface area contributed by atoms with Crippen LogP contribution in [0, 0.1) is 0 Å². The van der Waals surface area contributed by atoms with Crippen molar-refractivity contribution in [2.24, 2.45) is 0 Å². The molecule has 1 amide bonds. The van der Waals surface area contributed by atoms with E-state index in [0.29, 0.717) is 0 Å². The van der Waals surface area contributed by atoms with Crippen molar-refractivity contribution in [1.29, 1.82) is 0 Å². The molecule has 0 spiro atoms. The lowest BCUT2D eigenvalue weighted by Gasteiger charge is -2.24. The SMILES string of the molecule is O=C(O)[C@H](Cc1ccc(Br)cc1)N1CC(O)CC1=O. The zero-order valence-corrected chi connectivity index (χ0v) is 11.7.